The van der Waals surface area contributed by atoms with E-state index in [-0.39, 0.29) is 0 Å². The Balaban J connectivity index is 2.11. The molecule has 1 aliphatic rings. The molecule has 1 heterocycles. The van der Waals surface area contributed by atoms with Gasteiger partial charge in [0, 0.05) is 37.4 Å². The van der Waals surface area contributed by atoms with Crippen molar-refractivity contribution in [1.82, 2.24) is 0 Å². The lowest BCUT2D eigenvalue weighted by molar-refractivity contribution is 0.0463. The number of aliphatic hydroxyl groups is 1. The van der Waals surface area contributed by atoms with Crippen LogP contribution in [0.25, 0.3) is 0 Å². The monoisotopic (exact) mass is 264 g/mol. The average molecular weight is 264 g/mol. The minimum atomic E-state index is -0.513. The lowest BCUT2D eigenvalue weighted by atomic mass is 9.99. The van der Waals surface area contributed by atoms with Gasteiger partial charge in [0.25, 0.3) is 0 Å². The van der Waals surface area contributed by atoms with Crippen LogP contribution in [0.5, 0.6) is 0 Å². The summed E-state index contributed by atoms with van der Waals surface area (Å²) in [5.41, 5.74) is 2.63. The fourth-order valence-electron chi connectivity index (χ4n) is 2.34. The molecule has 0 fully saturated rings. The maximum absolute atomic E-state index is 9.93. The van der Waals surface area contributed by atoms with Gasteiger partial charge in [0.2, 0.25) is 0 Å². The summed E-state index contributed by atoms with van der Waals surface area (Å²) in [6, 6.07) is 7.78. The van der Waals surface area contributed by atoms with Crippen LogP contribution in [0.3, 0.4) is 0 Å². The molecule has 2 rings (SSSR count). The fourth-order valence-corrected chi connectivity index (χ4v) is 2.34. The first-order chi connectivity index (χ1) is 9.26. The second-order valence-corrected chi connectivity index (χ2v) is 4.57. The Kier molecular flexibility index (Phi) is 4.76. The molecule has 1 atom stereocenters. The normalized spacial score (nSPS) is 18.4. The van der Waals surface area contributed by atoms with E-state index in [0.717, 1.165) is 17.8 Å². The van der Waals surface area contributed by atoms with Crippen molar-refractivity contribution < 1.29 is 15.1 Å². The Hall–Kier alpha value is -1.59. The van der Waals surface area contributed by atoms with Crippen molar-refractivity contribution in [3.05, 3.63) is 29.8 Å². The molecule has 0 saturated carbocycles. The molecule has 19 heavy (non-hydrogen) atoms. The Morgan fingerprint density at radius 3 is 2.95 bits per heavy atom. The number of fused-ring (bicyclic) bond motifs is 1. The van der Waals surface area contributed by atoms with Crippen LogP contribution in [-0.4, -0.2) is 48.4 Å². The molecule has 5 nitrogen and oxygen atoms in total. The summed E-state index contributed by atoms with van der Waals surface area (Å²) in [6.07, 6.45) is 0.162. The summed E-state index contributed by atoms with van der Waals surface area (Å²) in [4.78, 5) is 2.10. The van der Waals surface area contributed by atoms with Gasteiger partial charge in [-0.25, -0.2) is 0 Å². The van der Waals surface area contributed by atoms with Crippen molar-refractivity contribution in [3.63, 3.8) is 0 Å². The van der Waals surface area contributed by atoms with E-state index in [1.54, 1.807) is 0 Å². The quantitative estimate of drug-likeness (QED) is 0.624. The molecule has 0 bridgehead atoms. The van der Waals surface area contributed by atoms with E-state index in [0.29, 0.717) is 31.9 Å². The molecule has 0 spiro atoms. The molecule has 0 aromatic heterocycles. The van der Waals surface area contributed by atoms with Gasteiger partial charge in [0.05, 0.1) is 18.4 Å². The van der Waals surface area contributed by atoms with Gasteiger partial charge in [-0.2, -0.15) is 0 Å². The van der Waals surface area contributed by atoms with E-state index < -0.39 is 6.10 Å². The Labute approximate surface area is 113 Å². The number of ether oxygens (including phenoxy) is 1. The number of anilines is 1. The standard InChI is InChI=1S/C14H20N2O3/c1-2-19-10-11(17)9-16-8-7-13(15-18)12-5-3-4-6-14(12)16/h3-6,11,17-18H,2,7-10H2,1H3. The first-order valence-corrected chi connectivity index (χ1v) is 6.57. The van der Waals surface area contributed by atoms with Crippen molar-refractivity contribution in [2.45, 2.75) is 19.4 Å². The van der Waals surface area contributed by atoms with Crippen molar-refractivity contribution in [1.29, 1.82) is 0 Å². The molecule has 0 aliphatic carbocycles. The summed E-state index contributed by atoms with van der Waals surface area (Å²) in [7, 11) is 0. The zero-order valence-corrected chi connectivity index (χ0v) is 11.1. The predicted molar refractivity (Wildman–Crippen MR) is 74.1 cm³/mol. The SMILES string of the molecule is CCOCC(O)CN1CCC(=NO)c2ccccc21. The van der Waals surface area contributed by atoms with Gasteiger partial charge in [-0.05, 0) is 13.0 Å². The largest absolute Gasteiger partial charge is 0.411 e. The van der Waals surface area contributed by atoms with E-state index in [2.05, 4.69) is 10.1 Å². The topological polar surface area (TPSA) is 65.3 Å². The average Bonchev–Trinajstić information content (AvgIpc) is 2.45. The first-order valence-electron chi connectivity index (χ1n) is 6.57. The summed E-state index contributed by atoms with van der Waals surface area (Å²) in [5, 5.41) is 22.3. The smallest absolute Gasteiger partial charge is 0.0947 e. The number of benzene rings is 1. The zero-order valence-electron chi connectivity index (χ0n) is 11.1. The highest BCUT2D eigenvalue weighted by Gasteiger charge is 2.23. The molecule has 104 valence electrons. The number of rotatable bonds is 5. The van der Waals surface area contributed by atoms with Crippen LogP contribution in [0, 0.1) is 0 Å². The molecular weight excluding hydrogens is 244 g/mol. The number of aliphatic hydroxyl groups excluding tert-OH is 1. The highest BCUT2D eigenvalue weighted by Crippen LogP contribution is 2.27. The summed E-state index contributed by atoms with van der Waals surface area (Å²) in [6.45, 7) is 4.12. The van der Waals surface area contributed by atoms with Crippen molar-refractivity contribution >= 4 is 11.4 Å². The molecule has 1 unspecified atom stereocenters. The third-order valence-corrected chi connectivity index (χ3v) is 3.24. The molecule has 5 heteroatoms. The lowest BCUT2D eigenvalue weighted by Crippen LogP contribution is -2.39. The molecule has 0 amide bonds. The molecular formula is C14H20N2O3. The van der Waals surface area contributed by atoms with Crippen molar-refractivity contribution in [2.75, 3.05) is 31.2 Å². The van der Waals surface area contributed by atoms with Crippen LogP contribution in [0.2, 0.25) is 0 Å². The second-order valence-electron chi connectivity index (χ2n) is 4.57. The summed E-state index contributed by atoms with van der Waals surface area (Å²) in [5.74, 6) is 0. The van der Waals surface area contributed by atoms with Gasteiger partial charge in [0.1, 0.15) is 0 Å². The van der Waals surface area contributed by atoms with Gasteiger partial charge in [-0.3, -0.25) is 0 Å². The van der Waals surface area contributed by atoms with Crippen LogP contribution >= 0.6 is 0 Å². The van der Waals surface area contributed by atoms with Gasteiger partial charge in [-0.15, -0.1) is 0 Å². The van der Waals surface area contributed by atoms with E-state index in [1.165, 1.54) is 0 Å². The van der Waals surface area contributed by atoms with Crippen LogP contribution < -0.4 is 4.90 Å². The zero-order chi connectivity index (χ0) is 13.7. The predicted octanol–water partition coefficient (Wildman–Crippen LogP) is 1.47. The van der Waals surface area contributed by atoms with Gasteiger partial charge in [-0.1, -0.05) is 23.4 Å². The minimum absolute atomic E-state index is 0.343. The Morgan fingerprint density at radius 1 is 1.42 bits per heavy atom. The molecule has 2 N–H and O–H groups in total. The second kappa shape index (κ2) is 6.54. The van der Waals surface area contributed by atoms with Crippen molar-refractivity contribution in [2.24, 2.45) is 5.16 Å². The molecule has 0 radical (unpaired) electrons. The molecule has 1 aromatic carbocycles. The number of oxime groups is 1. The third-order valence-electron chi connectivity index (χ3n) is 3.24. The Bertz CT molecular complexity index is 448. The number of para-hydroxylation sites is 1. The van der Waals surface area contributed by atoms with Gasteiger partial charge < -0.3 is 20.0 Å². The Morgan fingerprint density at radius 2 is 2.21 bits per heavy atom. The maximum atomic E-state index is 9.93. The third kappa shape index (κ3) is 3.24. The van der Waals surface area contributed by atoms with Gasteiger partial charge in [0.15, 0.2) is 0 Å². The summed E-state index contributed by atoms with van der Waals surface area (Å²) < 4.78 is 5.23. The lowest BCUT2D eigenvalue weighted by Gasteiger charge is -2.33. The molecule has 1 aromatic rings. The highest BCUT2D eigenvalue weighted by atomic mass is 16.5. The molecule has 1 aliphatic heterocycles. The number of β-amino-alcohol motifs (C(OH)–C–C–N with tert-alkyl or cyclic N) is 1. The van der Waals surface area contributed by atoms with E-state index in [1.807, 2.05) is 31.2 Å². The van der Waals surface area contributed by atoms with Crippen LogP contribution in [0.4, 0.5) is 5.69 Å². The van der Waals surface area contributed by atoms with Crippen LogP contribution in [0.1, 0.15) is 18.9 Å². The molecule has 0 saturated heterocycles. The van der Waals surface area contributed by atoms with E-state index in [9.17, 15) is 5.11 Å². The van der Waals surface area contributed by atoms with E-state index >= 15 is 0 Å². The van der Waals surface area contributed by atoms with Crippen LogP contribution in [0.15, 0.2) is 29.4 Å². The van der Waals surface area contributed by atoms with Crippen molar-refractivity contribution in [3.8, 4) is 0 Å². The number of hydrogen-bond acceptors (Lipinski definition) is 5. The summed E-state index contributed by atoms with van der Waals surface area (Å²) >= 11 is 0. The minimum Gasteiger partial charge on any atom is -0.411 e. The van der Waals surface area contributed by atoms with E-state index in [4.69, 9.17) is 9.94 Å². The fraction of sp³-hybridized carbons (Fsp3) is 0.500. The van der Waals surface area contributed by atoms with Gasteiger partial charge >= 0.3 is 0 Å². The highest BCUT2D eigenvalue weighted by molar-refractivity contribution is 6.06. The number of hydrogen-bond donors (Lipinski definition) is 2. The number of nitrogens with zero attached hydrogens (tertiary/aromatic N) is 2. The maximum Gasteiger partial charge on any atom is 0.0947 e. The first kappa shape index (κ1) is 13.8. The van der Waals surface area contributed by atoms with Crippen LogP contribution in [-0.2, 0) is 4.74 Å².